The summed E-state index contributed by atoms with van der Waals surface area (Å²) in [5.74, 6) is -1.61. The van der Waals surface area contributed by atoms with Crippen LogP contribution in [0.2, 0.25) is 0 Å². The molecule has 4 fully saturated rings. The highest BCUT2D eigenvalue weighted by Gasteiger charge is 2.55. The van der Waals surface area contributed by atoms with Gasteiger partial charge in [0.2, 0.25) is 0 Å². The summed E-state index contributed by atoms with van der Waals surface area (Å²) in [6, 6.07) is 0. The van der Waals surface area contributed by atoms with Crippen LogP contribution in [0.5, 0.6) is 0 Å². The molecule has 4 aliphatic rings. The number of esters is 2. The van der Waals surface area contributed by atoms with Crippen molar-refractivity contribution in [2.24, 2.45) is 0 Å². The molecule has 9 N–H and O–H groups in total. The van der Waals surface area contributed by atoms with Crippen molar-refractivity contribution in [1.82, 2.24) is 0 Å². The molecule has 0 saturated carbocycles. The number of hydrogen-bond acceptors (Lipinski definition) is 21. The fourth-order valence-electron chi connectivity index (χ4n) is 7.88. The molecule has 4 heterocycles. The van der Waals surface area contributed by atoms with Crippen molar-refractivity contribution in [2.45, 2.75) is 211 Å². The van der Waals surface area contributed by atoms with Gasteiger partial charge in [0.15, 0.2) is 37.4 Å². The van der Waals surface area contributed by atoms with Gasteiger partial charge in [0.1, 0.15) is 61.0 Å². The first-order chi connectivity index (χ1) is 31.5. The molecule has 384 valence electrons. The van der Waals surface area contributed by atoms with Crippen molar-refractivity contribution >= 4 is 11.9 Å². The molecule has 4 saturated heterocycles. The van der Waals surface area contributed by atoms with Gasteiger partial charge in [0.25, 0.3) is 0 Å². The monoisotopic (exact) mass is 962 g/mol. The summed E-state index contributed by atoms with van der Waals surface area (Å²) in [4.78, 5) is 26.1. The molecule has 0 aromatic rings. The third-order valence-electron chi connectivity index (χ3n) is 12.2. The fraction of sp³-hybridized carbons (Fsp3) is 0.783. The van der Waals surface area contributed by atoms with E-state index >= 15 is 0 Å². The summed E-state index contributed by atoms with van der Waals surface area (Å²) in [6.07, 6.45) is -18.6. The Bertz CT molecular complexity index is 1700. The van der Waals surface area contributed by atoms with Gasteiger partial charge in [-0.2, -0.15) is 0 Å². The minimum absolute atomic E-state index is 0.0246. The van der Waals surface area contributed by atoms with Crippen molar-refractivity contribution in [2.75, 3.05) is 19.8 Å². The van der Waals surface area contributed by atoms with Crippen molar-refractivity contribution in [3.8, 4) is 0 Å². The number of carbonyl (C=O) groups excluding carboxylic acids is 2. The molecule has 21 nitrogen and oxygen atoms in total. The average Bonchev–Trinajstić information content (AvgIpc) is 3.27. The molecule has 4 aliphatic heterocycles. The van der Waals surface area contributed by atoms with Crippen LogP contribution in [0.3, 0.4) is 0 Å². The second kappa shape index (κ2) is 26.4. The molecule has 20 atom stereocenters. The molecule has 0 amide bonds. The lowest BCUT2D eigenvalue weighted by Gasteiger charge is -2.48. The normalized spacial score (nSPS) is 40.4. The van der Waals surface area contributed by atoms with E-state index in [2.05, 4.69) is 0 Å². The number of rotatable bonds is 20. The lowest BCUT2D eigenvalue weighted by molar-refractivity contribution is -0.375. The molecule has 0 bridgehead atoms. The van der Waals surface area contributed by atoms with Crippen LogP contribution in [0.4, 0.5) is 0 Å². The van der Waals surface area contributed by atoms with Crippen LogP contribution < -0.4 is 0 Å². The van der Waals surface area contributed by atoms with Gasteiger partial charge in [0, 0.05) is 12.5 Å². The average molecular weight is 963 g/mol. The molecule has 0 radical (unpaired) electrons. The van der Waals surface area contributed by atoms with Gasteiger partial charge in [-0.25, -0.2) is 4.79 Å². The van der Waals surface area contributed by atoms with Crippen LogP contribution in [-0.2, 0) is 57.0 Å². The van der Waals surface area contributed by atoms with E-state index in [-0.39, 0.29) is 25.4 Å². The van der Waals surface area contributed by atoms with Crippen LogP contribution in [0.1, 0.15) is 88.0 Å². The van der Waals surface area contributed by atoms with Crippen LogP contribution in [-0.4, -0.2) is 201 Å². The summed E-state index contributed by atoms with van der Waals surface area (Å²) in [6.45, 7) is 14.2. The van der Waals surface area contributed by atoms with E-state index in [1.807, 2.05) is 26.8 Å². The maximum absolute atomic E-state index is 13.7. The summed E-state index contributed by atoms with van der Waals surface area (Å²) in [5.41, 5.74) is 2.81. The van der Waals surface area contributed by atoms with Crippen LogP contribution in [0, 0.1) is 0 Å². The predicted molar refractivity (Wildman–Crippen MR) is 233 cm³/mol. The first-order valence-electron chi connectivity index (χ1n) is 22.8. The molecular weight excluding hydrogens is 888 g/mol. The molecule has 4 rings (SSSR count). The Morgan fingerprint density at radius 3 is 1.58 bits per heavy atom. The molecule has 0 spiro atoms. The van der Waals surface area contributed by atoms with Gasteiger partial charge >= 0.3 is 11.9 Å². The minimum atomic E-state index is -1.80. The Labute approximate surface area is 391 Å². The van der Waals surface area contributed by atoms with Crippen LogP contribution in [0.25, 0.3) is 0 Å². The second-order valence-electron chi connectivity index (χ2n) is 17.9. The second-order valence-corrected chi connectivity index (χ2v) is 17.9. The minimum Gasteiger partial charge on any atom is -0.457 e. The van der Waals surface area contributed by atoms with Gasteiger partial charge in [0.05, 0.1) is 44.2 Å². The summed E-state index contributed by atoms with van der Waals surface area (Å²) in [5, 5.41) is 94.4. The van der Waals surface area contributed by atoms with E-state index in [1.54, 1.807) is 32.1 Å². The Morgan fingerprint density at radius 2 is 0.970 bits per heavy atom. The van der Waals surface area contributed by atoms with Crippen molar-refractivity contribution in [3.63, 3.8) is 0 Å². The molecule has 67 heavy (non-hydrogen) atoms. The van der Waals surface area contributed by atoms with Gasteiger partial charge in [-0.15, -0.1) is 0 Å². The third-order valence-corrected chi connectivity index (χ3v) is 12.2. The van der Waals surface area contributed by atoms with Crippen LogP contribution >= 0.6 is 0 Å². The number of allylic oxidation sites excluding steroid dienone is 4. The quantitative estimate of drug-likeness (QED) is 0.0435. The van der Waals surface area contributed by atoms with Gasteiger partial charge in [-0.05, 0) is 81.1 Å². The standard InChI is InChI=1S/C46H74O21/c1-21(16-18-47)13-11-15-24(4)42(57)65-41-39(66-45-36(55)34(53)31(50)26(6)61-45)32(51)27(7)62-46(41)67-40-37(56)44(63-28(8)38(40)64-29(9)48)58-19-17-22(2)12-10-14-23(3)20-59-43-35(54)33(52)30(49)25(5)60-43/h14-17,25-28,30-41,43-47,49-56H,10-13,18-20H2,1-9H3/b21-16-,22-17+,23-14+,24-15+/t25-,26-,27-,28-,30-,31-,32-,33+,34+,35+,36+,37+,38-,39+,40-,41+,43+,44+,45-,46-/m0/s1. The van der Waals surface area contributed by atoms with Crippen molar-refractivity contribution in [3.05, 3.63) is 46.6 Å². The van der Waals surface area contributed by atoms with E-state index in [9.17, 15) is 55.5 Å². The SMILES string of the molecule is CC(=O)O[C@@H]1[C@@H](O[C@@H]2O[C@@H](C)[C@H](O)[C@@H](O[C@@H]3O[C@@H](C)[C@H](O)[C@@H](O)[C@H]3O)[C@H]2OC(=O)/C(C)=C/CC/C(C)=C\CO)[C@@H](O)[C@H](OC/C=C(\C)CC/C=C(\C)CO[C@@H]2O[C@@H](C)[C@H](O)[C@@H](O)[C@H]2O)O[C@H]1C. The van der Waals surface area contributed by atoms with Gasteiger partial charge < -0.3 is 93.3 Å². The lowest BCUT2D eigenvalue weighted by Crippen LogP contribution is -2.66. The van der Waals surface area contributed by atoms with E-state index in [1.165, 1.54) is 20.8 Å². The Morgan fingerprint density at radius 1 is 0.478 bits per heavy atom. The van der Waals surface area contributed by atoms with Crippen LogP contribution in [0.15, 0.2) is 46.6 Å². The maximum Gasteiger partial charge on any atom is 0.333 e. The van der Waals surface area contributed by atoms with E-state index in [0.29, 0.717) is 25.7 Å². The smallest absolute Gasteiger partial charge is 0.333 e. The lowest BCUT2D eigenvalue weighted by atomic mass is 9.96. The number of hydrogen-bond donors (Lipinski definition) is 9. The zero-order chi connectivity index (χ0) is 49.9. The van der Waals surface area contributed by atoms with E-state index < -0.39 is 135 Å². The Kier molecular flexibility index (Phi) is 22.4. The molecule has 0 unspecified atom stereocenters. The summed E-state index contributed by atoms with van der Waals surface area (Å²) < 4.78 is 58.8. The number of aliphatic hydroxyl groups excluding tert-OH is 9. The van der Waals surface area contributed by atoms with Gasteiger partial charge in [-0.1, -0.05) is 41.0 Å². The summed E-state index contributed by atoms with van der Waals surface area (Å²) >= 11 is 0. The highest BCUT2D eigenvalue weighted by molar-refractivity contribution is 5.87. The molecular formula is C46H74O21. The zero-order valence-electron chi connectivity index (χ0n) is 39.7. The Balaban J connectivity index is 1.50. The Hall–Kier alpha value is -2.78. The van der Waals surface area contributed by atoms with E-state index in [0.717, 1.165) is 23.6 Å². The fourth-order valence-corrected chi connectivity index (χ4v) is 7.88. The highest BCUT2D eigenvalue weighted by atomic mass is 16.8. The number of carbonyl (C=O) groups is 2. The maximum atomic E-state index is 13.7. The zero-order valence-corrected chi connectivity index (χ0v) is 39.7. The number of ether oxygens (including phenoxy) is 10. The molecule has 0 aromatic heterocycles. The molecule has 21 heteroatoms. The topological polar surface area (TPSA) is 309 Å². The first kappa shape index (κ1) is 56.8. The molecule has 0 aliphatic carbocycles. The van der Waals surface area contributed by atoms with Crippen molar-refractivity contribution < 1.29 is 103 Å². The van der Waals surface area contributed by atoms with E-state index in [4.69, 9.17) is 47.4 Å². The third kappa shape index (κ3) is 15.6. The van der Waals surface area contributed by atoms with Gasteiger partial charge in [-0.3, -0.25) is 4.79 Å². The van der Waals surface area contributed by atoms with Crippen molar-refractivity contribution in [1.29, 1.82) is 0 Å². The molecule has 0 aromatic carbocycles. The first-order valence-corrected chi connectivity index (χ1v) is 22.8. The summed E-state index contributed by atoms with van der Waals surface area (Å²) in [7, 11) is 0. The largest absolute Gasteiger partial charge is 0.457 e. The highest BCUT2D eigenvalue weighted by Crippen LogP contribution is 2.35. The predicted octanol–water partition coefficient (Wildman–Crippen LogP) is -0.162. The number of aliphatic hydroxyl groups is 9.